The fraction of sp³-hybridized carbons (Fsp3) is 0.579. The average molecular weight is 329 g/mol. The van der Waals surface area contributed by atoms with Crippen molar-refractivity contribution in [2.45, 2.75) is 44.1 Å². The molecule has 4 aliphatic carbocycles. The van der Waals surface area contributed by atoms with Crippen LogP contribution in [-0.2, 0) is 9.53 Å². The number of phenols is 1. The van der Waals surface area contributed by atoms with Gasteiger partial charge in [0.1, 0.15) is 5.75 Å². The maximum Gasteiger partial charge on any atom is 0.338 e. The molecule has 4 fully saturated rings. The SMILES string of the molecule is O=C(COC(=O)c1cccc(O)c1)NC12CC3CC(CC(C3)C1)C2. The normalized spacial score (nSPS) is 33.2. The Morgan fingerprint density at radius 1 is 1.12 bits per heavy atom. The molecule has 5 heteroatoms. The van der Waals surface area contributed by atoms with Gasteiger partial charge in [0.15, 0.2) is 6.61 Å². The third kappa shape index (κ3) is 2.99. The summed E-state index contributed by atoms with van der Waals surface area (Å²) < 4.78 is 5.10. The van der Waals surface area contributed by atoms with E-state index in [1.165, 1.54) is 31.4 Å². The van der Waals surface area contributed by atoms with E-state index in [0.717, 1.165) is 37.0 Å². The summed E-state index contributed by atoms with van der Waals surface area (Å²) in [6.45, 7) is -0.268. The van der Waals surface area contributed by atoms with Gasteiger partial charge in [-0.3, -0.25) is 4.79 Å². The lowest BCUT2D eigenvalue weighted by atomic mass is 9.53. The van der Waals surface area contributed by atoms with E-state index in [2.05, 4.69) is 5.32 Å². The predicted octanol–water partition coefficient (Wildman–Crippen LogP) is 2.63. The van der Waals surface area contributed by atoms with E-state index in [-0.39, 0.29) is 29.4 Å². The van der Waals surface area contributed by atoms with Gasteiger partial charge in [-0.15, -0.1) is 0 Å². The lowest BCUT2D eigenvalue weighted by Crippen LogP contribution is -2.60. The van der Waals surface area contributed by atoms with Crippen molar-refractivity contribution in [2.24, 2.45) is 17.8 Å². The number of esters is 1. The molecule has 4 saturated carbocycles. The van der Waals surface area contributed by atoms with Crippen LogP contribution < -0.4 is 5.32 Å². The molecule has 128 valence electrons. The van der Waals surface area contributed by atoms with E-state index in [1.807, 2.05) is 0 Å². The smallest absolute Gasteiger partial charge is 0.338 e. The van der Waals surface area contributed by atoms with Gasteiger partial charge in [-0.05, 0) is 74.5 Å². The molecule has 5 rings (SSSR count). The Labute approximate surface area is 141 Å². The monoisotopic (exact) mass is 329 g/mol. The van der Waals surface area contributed by atoms with Crippen LogP contribution in [0.5, 0.6) is 5.75 Å². The quantitative estimate of drug-likeness (QED) is 0.833. The molecule has 0 atom stereocenters. The number of carbonyl (C=O) groups is 2. The van der Waals surface area contributed by atoms with E-state index in [4.69, 9.17) is 4.74 Å². The number of carbonyl (C=O) groups excluding carboxylic acids is 2. The number of aromatic hydroxyl groups is 1. The van der Waals surface area contributed by atoms with Crippen LogP contribution in [0.25, 0.3) is 0 Å². The Balaban J connectivity index is 1.33. The van der Waals surface area contributed by atoms with Crippen molar-refractivity contribution in [3.8, 4) is 5.75 Å². The lowest BCUT2D eigenvalue weighted by molar-refractivity contribution is -0.130. The molecule has 2 N–H and O–H groups in total. The molecule has 0 saturated heterocycles. The first-order valence-electron chi connectivity index (χ1n) is 8.78. The van der Waals surface area contributed by atoms with Crippen LogP contribution in [-0.4, -0.2) is 29.1 Å². The van der Waals surface area contributed by atoms with Gasteiger partial charge in [0.25, 0.3) is 5.91 Å². The van der Waals surface area contributed by atoms with Gasteiger partial charge >= 0.3 is 5.97 Å². The minimum atomic E-state index is -0.591. The first-order valence-corrected chi connectivity index (χ1v) is 8.78. The van der Waals surface area contributed by atoms with Crippen molar-refractivity contribution in [2.75, 3.05) is 6.61 Å². The Bertz CT molecular complexity index is 634. The summed E-state index contributed by atoms with van der Waals surface area (Å²) in [5.41, 5.74) is 0.182. The van der Waals surface area contributed by atoms with Gasteiger partial charge in [0.05, 0.1) is 5.56 Å². The largest absolute Gasteiger partial charge is 0.508 e. The van der Waals surface area contributed by atoms with E-state index in [9.17, 15) is 14.7 Å². The number of phenolic OH excluding ortho intramolecular Hbond substituents is 1. The van der Waals surface area contributed by atoms with Gasteiger partial charge in [-0.25, -0.2) is 4.79 Å². The number of hydrogen-bond acceptors (Lipinski definition) is 4. The average Bonchev–Trinajstić information content (AvgIpc) is 2.50. The summed E-state index contributed by atoms with van der Waals surface area (Å²) in [7, 11) is 0. The molecular formula is C19H23NO4. The van der Waals surface area contributed by atoms with Gasteiger partial charge < -0.3 is 15.2 Å². The highest BCUT2D eigenvalue weighted by Gasteiger charge is 2.51. The molecule has 0 aromatic heterocycles. The zero-order chi connectivity index (χ0) is 16.7. The molecule has 0 heterocycles. The molecule has 0 unspecified atom stereocenters. The second kappa shape index (κ2) is 5.80. The first kappa shape index (κ1) is 15.5. The van der Waals surface area contributed by atoms with E-state index in [0.29, 0.717) is 0 Å². The third-order valence-corrected chi connectivity index (χ3v) is 5.86. The van der Waals surface area contributed by atoms with Crippen LogP contribution in [0.2, 0.25) is 0 Å². The summed E-state index contributed by atoms with van der Waals surface area (Å²) in [6.07, 6.45) is 7.19. The Morgan fingerprint density at radius 3 is 2.33 bits per heavy atom. The zero-order valence-corrected chi connectivity index (χ0v) is 13.7. The zero-order valence-electron chi connectivity index (χ0n) is 13.7. The molecule has 0 radical (unpaired) electrons. The van der Waals surface area contributed by atoms with Crippen molar-refractivity contribution >= 4 is 11.9 Å². The van der Waals surface area contributed by atoms with Gasteiger partial charge in [0, 0.05) is 5.54 Å². The molecule has 1 aromatic carbocycles. The topological polar surface area (TPSA) is 75.6 Å². The van der Waals surface area contributed by atoms with Crippen molar-refractivity contribution in [3.63, 3.8) is 0 Å². The standard InChI is InChI=1S/C19H23NO4/c21-16-3-1-2-15(7-16)18(23)24-11-17(22)20-19-8-12-4-13(9-19)6-14(5-12)10-19/h1-3,7,12-14,21H,4-6,8-11H2,(H,20,22). The highest BCUT2D eigenvalue weighted by molar-refractivity contribution is 5.91. The Hall–Kier alpha value is -2.04. The van der Waals surface area contributed by atoms with Crippen LogP contribution in [0.3, 0.4) is 0 Å². The molecule has 5 nitrogen and oxygen atoms in total. The molecule has 0 aliphatic heterocycles. The van der Waals surface area contributed by atoms with Crippen molar-refractivity contribution < 1.29 is 19.4 Å². The minimum Gasteiger partial charge on any atom is -0.508 e. The second-order valence-corrected chi connectivity index (χ2v) is 7.87. The number of benzene rings is 1. The van der Waals surface area contributed by atoms with Crippen molar-refractivity contribution in [1.82, 2.24) is 5.32 Å². The van der Waals surface area contributed by atoms with Crippen molar-refractivity contribution in [3.05, 3.63) is 29.8 Å². The summed E-state index contributed by atoms with van der Waals surface area (Å²) in [5, 5.41) is 12.6. The maximum absolute atomic E-state index is 12.3. The highest BCUT2D eigenvalue weighted by atomic mass is 16.5. The number of ether oxygens (including phenoxy) is 1. The van der Waals surface area contributed by atoms with Crippen LogP contribution in [0.15, 0.2) is 24.3 Å². The van der Waals surface area contributed by atoms with Crippen molar-refractivity contribution in [1.29, 1.82) is 0 Å². The second-order valence-electron chi connectivity index (χ2n) is 7.87. The number of amides is 1. The molecule has 4 bridgehead atoms. The van der Waals surface area contributed by atoms with E-state index < -0.39 is 5.97 Å². The predicted molar refractivity (Wildman–Crippen MR) is 87.4 cm³/mol. The number of rotatable bonds is 4. The molecule has 1 aromatic rings. The van der Waals surface area contributed by atoms with Gasteiger partial charge in [-0.1, -0.05) is 6.07 Å². The molecule has 24 heavy (non-hydrogen) atoms. The van der Waals surface area contributed by atoms with E-state index >= 15 is 0 Å². The van der Waals surface area contributed by atoms with Crippen LogP contribution in [0, 0.1) is 17.8 Å². The summed E-state index contributed by atoms with van der Waals surface area (Å²) in [5.74, 6) is 1.46. The molecule has 0 spiro atoms. The maximum atomic E-state index is 12.3. The fourth-order valence-electron chi connectivity index (χ4n) is 5.44. The number of hydrogen-bond donors (Lipinski definition) is 2. The first-order chi connectivity index (χ1) is 11.5. The Morgan fingerprint density at radius 2 is 1.75 bits per heavy atom. The molecular weight excluding hydrogens is 306 g/mol. The Kier molecular flexibility index (Phi) is 3.74. The fourth-order valence-corrected chi connectivity index (χ4v) is 5.44. The summed E-state index contributed by atoms with van der Waals surface area (Å²) >= 11 is 0. The van der Waals surface area contributed by atoms with Crippen LogP contribution >= 0.6 is 0 Å². The van der Waals surface area contributed by atoms with Crippen LogP contribution in [0.4, 0.5) is 0 Å². The summed E-state index contributed by atoms with van der Waals surface area (Å²) in [6, 6.07) is 5.94. The third-order valence-electron chi connectivity index (χ3n) is 5.86. The van der Waals surface area contributed by atoms with Crippen LogP contribution in [0.1, 0.15) is 48.9 Å². The highest BCUT2D eigenvalue weighted by Crippen LogP contribution is 2.55. The molecule has 4 aliphatic rings. The van der Waals surface area contributed by atoms with Gasteiger partial charge in [-0.2, -0.15) is 0 Å². The van der Waals surface area contributed by atoms with Gasteiger partial charge in [0.2, 0.25) is 0 Å². The van der Waals surface area contributed by atoms with E-state index in [1.54, 1.807) is 12.1 Å². The number of nitrogens with one attached hydrogen (secondary N) is 1. The molecule has 1 amide bonds. The summed E-state index contributed by atoms with van der Waals surface area (Å²) in [4.78, 5) is 24.2. The minimum absolute atomic E-state index is 0.00229. The lowest BCUT2D eigenvalue weighted by Gasteiger charge is -2.56.